The van der Waals surface area contributed by atoms with Crippen LogP contribution in [0.15, 0.2) is 18.2 Å². The zero-order valence-corrected chi connectivity index (χ0v) is 12.8. The minimum absolute atomic E-state index is 0.600. The summed E-state index contributed by atoms with van der Waals surface area (Å²) in [4.78, 5) is 7.50. The monoisotopic (exact) mass is 284 g/mol. The molecule has 21 heavy (non-hydrogen) atoms. The summed E-state index contributed by atoms with van der Waals surface area (Å²) in [5.74, 6) is 2.07. The summed E-state index contributed by atoms with van der Waals surface area (Å²) < 4.78 is 2.54. The third-order valence-electron chi connectivity index (χ3n) is 5.21. The summed E-state index contributed by atoms with van der Waals surface area (Å²) in [6, 6.07) is 6.79. The molecule has 1 aromatic heterocycles. The van der Waals surface area contributed by atoms with Crippen LogP contribution in [0, 0.1) is 5.92 Å². The van der Waals surface area contributed by atoms with E-state index in [0.29, 0.717) is 6.04 Å². The quantitative estimate of drug-likeness (QED) is 0.882. The van der Waals surface area contributed by atoms with Crippen molar-refractivity contribution in [2.45, 2.75) is 38.6 Å². The highest BCUT2D eigenvalue weighted by Crippen LogP contribution is 2.38. The molecule has 2 bridgehead atoms. The summed E-state index contributed by atoms with van der Waals surface area (Å²) in [5.41, 5.74) is 9.08. The van der Waals surface area contributed by atoms with Gasteiger partial charge in [-0.1, -0.05) is 6.92 Å². The van der Waals surface area contributed by atoms with Crippen molar-refractivity contribution in [1.29, 1.82) is 0 Å². The van der Waals surface area contributed by atoms with E-state index in [0.717, 1.165) is 30.0 Å². The van der Waals surface area contributed by atoms with Crippen molar-refractivity contribution in [2.75, 3.05) is 25.4 Å². The van der Waals surface area contributed by atoms with Crippen molar-refractivity contribution < 1.29 is 0 Å². The van der Waals surface area contributed by atoms with Crippen molar-refractivity contribution in [3.05, 3.63) is 24.0 Å². The van der Waals surface area contributed by atoms with Crippen molar-refractivity contribution in [1.82, 2.24) is 14.5 Å². The lowest BCUT2D eigenvalue weighted by molar-refractivity contribution is 0.0575. The number of hydrogen-bond donors (Lipinski definition) is 1. The van der Waals surface area contributed by atoms with Gasteiger partial charge in [0.15, 0.2) is 0 Å². The highest BCUT2D eigenvalue weighted by molar-refractivity contribution is 5.80. The van der Waals surface area contributed by atoms with Gasteiger partial charge >= 0.3 is 0 Å². The van der Waals surface area contributed by atoms with Gasteiger partial charge in [-0.15, -0.1) is 0 Å². The van der Waals surface area contributed by atoms with Crippen molar-refractivity contribution in [2.24, 2.45) is 5.92 Å². The first-order valence-corrected chi connectivity index (χ1v) is 8.25. The van der Waals surface area contributed by atoms with Crippen LogP contribution in [-0.2, 0) is 6.42 Å². The third kappa shape index (κ3) is 2.13. The zero-order valence-electron chi connectivity index (χ0n) is 12.8. The predicted molar refractivity (Wildman–Crippen MR) is 86.3 cm³/mol. The molecule has 4 heterocycles. The Bertz CT molecular complexity index is 652. The average molecular weight is 284 g/mol. The lowest BCUT2D eigenvalue weighted by atomic mass is 9.83. The Balaban J connectivity index is 1.83. The van der Waals surface area contributed by atoms with Crippen LogP contribution in [0.1, 0.15) is 38.1 Å². The van der Waals surface area contributed by atoms with Crippen LogP contribution < -0.4 is 5.73 Å². The fraction of sp³-hybridized carbons (Fsp3) is 0.588. The molecule has 0 spiro atoms. The molecule has 2 N–H and O–H groups in total. The second-order valence-corrected chi connectivity index (χ2v) is 6.60. The Labute approximate surface area is 125 Å². The van der Waals surface area contributed by atoms with Gasteiger partial charge in [-0.05, 0) is 56.5 Å². The topological polar surface area (TPSA) is 47.1 Å². The molecule has 0 amide bonds. The number of benzene rings is 1. The minimum atomic E-state index is 0.600. The molecule has 4 nitrogen and oxygen atoms in total. The number of hydrogen-bond acceptors (Lipinski definition) is 3. The van der Waals surface area contributed by atoms with Gasteiger partial charge in [0.05, 0.1) is 17.1 Å². The van der Waals surface area contributed by atoms with E-state index in [1.807, 2.05) is 12.1 Å². The van der Waals surface area contributed by atoms with E-state index in [4.69, 9.17) is 10.7 Å². The Morgan fingerprint density at radius 2 is 2.10 bits per heavy atom. The molecule has 0 saturated carbocycles. The lowest BCUT2D eigenvalue weighted by Gasteiger charge is -2.45. The molecule has 3 aliphatic rings. The molecular weight excluding hydrogens is 260 g/mol. The second kappa shape index (κ2) is 5.02. The minimum Gasteiger partial charge on any atom is -0.399 e. The van der Waals surface area contributed by atoms with Crippen LogP contribution in [0.2, 0.25) is 0 Å². The van der Waals surface area contributed by atoms with Gasteiger partial charge in [-0.25, -0.2) is 4.98 Å². The fourth-order valence-electron chi connectivity index (χ4n) is 4.16. The molecule has 4 heteroatoms. The summed E-state index contributed by atoms with van der Waals surface area (Å²) in [7, 11) is 0. The average Bonchev–Trinajstić information content (AvgIpc) is 2.85. The van der Waals surface area contributed by atoms with Crippen molar-refractivity contribution in [3.8, 4) is 0 Å². The van der Waals surface area contributed by atoms with Gasteiger partial charge in [-0.3, -0.25) is 0 Å². The van der Waals surface area contributed by atoms with Gasteiger partial charge in [0.2, 0.25) is 0 Å². The second-order valence-electron chi connectivity index (χ2n) is 6.60. The third-order valence-corrected chi connectivity index (χ3v) is 5.21. The Morgan fingerprint density at radius 1 is 1.29 bits per heavy atom. The van der Waals surface area contributed by atoms with Gasteiger partial charge in [-0.2, -0.15) is 0 Å². The van der Waals surface area contributed by atoms with Crippen LogP contribution in [0.25, 0.3) is 11.0 Å². The van der Waals surface area contributed by atoms with Crippen LogP contribution in [0.5, 0.6) is 0 Å². The zero-order chi connectivity index (χ0) is 14.4. The van der Waals surface area contributed by atoms with Gasteiger partial charge in [0.25, 0.3) is 0 Å². The largest absolute Gasteiger partial charge is 0.399 e. The number of rotatable bonds is 3. The van der Waals surface area contributed by atoms with Crippen LogP contribution in [-0.4, -0.2) is 34.1 Å². The van der Waals surface area contributed by atoms with Gasteiger partial charge < -0.3 is 15.2 Å². The number of nitrogen functional groups attached to an aromatic ring is 1. The van der Waals surface area contributed by atoms with E-state index >= 15 is 0 Å². The number of imidazole rings is 1. The van der Waals surface area contributed by atoms with Gasteiger partial charge in [0.1, 0.15) is 5.82 Å². The molecule has 0 radical (unpaired) electrons. The number of fused-ring (bicyclic) bond motifs is 4. The van der Waals surface area contributed by atoms with E-state index in [2.05, 4.69) is 22.5 Å². The first-order chi connectivity index (χ1) is 10.3. The predicted octanol–water partition coefficient (Wildman–Crippen LogP) is 2.84. The summed E-state index contributed by atoms with van der Waals surface area (Å²) in [6.45, 7) is 5.99. The highest BCUT2D eigenvalue weighted by atomic mass is 15.2. The normalized spacial score (nSPS) is 28.3. The molecule has 3 saturated heterocycles. The Hall–Kier alpha value is -1.55. The Kier molecular flexibility index (Phi) is 3.14. The first-order valence-electron chi connectivity index (χ1n) is 8.25. The number of nitrogens with zero attached hydrogens (tertiary/aromatic N) is 3. The van der Waals surface area contributed by atoms with Crippen molar-refractivity contribution in [3.63, 3.8) is 0 Å². The molecule has 3 fully saturated rings. The molecule has 112 valence electrons. The molecule has 1 atom stereocenters. The maximum atomic E-state index is 5.94. The molecule has 2 aromatic rings. The number of anilines is 1. The SMILES string of the molecule is CCCc1nc2cc(N)ccc2n1C1CN2CCC1CC2. The summed E-state index contributed by atoms with van der Waals surface area (Å²) in [5, 5.41) is 0. The van der Waals surface area contributed by atoms with Crippen molar-refractivity contribution >= 4 is 16.7 Å². The van der Waals surface area contributed by atoms with Crippen LogP contribution >= 0.6 is 0 Å². The smallest absolute Gasteiger partial charge is 0.110 e. The number of piperidine rings is 3. The summed E-state index contributed by atoms with van der Waals surface area (Å²) >= 11 is 0. The van der Waals surface area contributed by atoms with Gasteiger partial charge in [0, 0.05) is 18.7 Å². The van der Waals surface area contributed by atoms with E-state index in [1.54, 1.807) is 0 Å². The van der Waals surface area contributed by atoms with E-state index in [-0.39, 0.29) is 0 Å². The maximum absolute atomic E-state index is 5.94. The lowest BCUT2D eigenvalue weighted by Crippen LogP contribution is -2.48. The molecule has 1 unspecified atom stereocenters. The number of nitrogens with two attached hydrogens (primary N) is 1. The Morgan fingerprint density at radius 3 is 2.76 bits per heavy atom. The van der Waals surface area contributed by atoms with Crippen LogP contribution in [0.3, 0.4) is 0 Å². The molecule has 3 aliphatic heterocycles. The van der Waals surface area contributed by atoms with Crippen LogP contribution in [0.4, 0.5) is 5.69 Å². The number of aromatic nitrogens is 2. The molecule has 0 aliphatic carbocycles. The maximum Gasteiger partial charge on any atom is 0.110 e. The molecule has 1 aromatic carbocycles. The molecular formula is C17H24N4. The molecule has 5 rings (SSSR count). The van der Waals surface area contributed by atoms with E-state index in [1.165, 1.54) is 43.8 Å². The highest BCUT2D eigenvalue weighted by Gasteiger charge is 2.36. The van der Waals surface area contributed by atoms with E-state index in [9.17, 15) is 0 Å². The summed E-state index contributed by atoms with van der Waals surface area (Å²) in [6.07, 6.45) is 4.87. The first kappa shape index (κ1) is 13.1. The van der Waals surface area contributed by atoms with E-state index < -0.39 is 0 Å². The number of aryl methyl sites for hydroxylation is 1. The standard InChI is InChI=1S/C17H24N4/c1-2-3-17-19-14-10-13(18)4-5-15(14)21(17)16-11-20-8-6-12(16)7-9-20/h4-5,10,12,16H,2-3,6-9,11,18H2,1H3. The fourth-order valence-corrected chi connectivity index (χ4v) is 4.16.